The van der Waals surface area contributed by atoms with Crippen LogP contribution in [-0.4, -0.2) is 17.5 Å². The maximum absolute atomic E-state index is 3.76. The molecule has 94 valence electrons. The molecule has 1 aliphatic heterocycles. The van der Waals surface area contributed by atoms with E-state index < -0.39 is 0 Å². The van der Waals surface area contributed by atoms with E-state index in [1.165, 1.54) is 35.5 Å². The van der Waals surface area contributed by atoms with Gasteiger partial charge < -0.3 is 5.32 Å². The summed E-state index contributed by atoms with van der Waals surface area (Å²) in [5, 5.41) is 3.76. The largest absolute Gasteiger partial charge is 0.307 e. The first-order valence-corrected chi connectivity index (χ1v) is 7.87. The van der Waals surface area contributed by atoms with Gasteiger partial charge in [-0.3, -0.25) is 0 Å². The quantitative estimate of drug-likeness (QED) is 0.871. The van der Waals surface area contributed by atoms with Crippen molar-refractivity contribution in [3.8, 4) is 0 Å². The number of aryl methyl sites for hydroxylation is 1. The molecule has 0 spiro atoms. The minimum Gasteiger partial charge on any atom is -0.307 e. The van der Waals surface area contributed by atoms with Crippen molar-refractivity contribution < 1.29 is 0 Å². The van der Waals surface area contributed by atoms with Crippen molar-refractivity contribution in [3.05, 3.63) is 35.4 Å². The molecule has 1 N–H and O–H groups in total. The summed E-state index contributed by atoms with van der Waals surface area (Å²) in [4.78, 5) is 0. The van der Waals surface area contributed by atoms with Crippen molar-refractivity contribution in [2.45, 2.75) is 45.2 Å². The third-order valence-electron chi connectivity index (χ3n) is 3.59. The topological polar surface area (TPSA) is 12.0 Å². The van der Waals surface area contributed by atoms with Crippen LogP contribution in [0.2, 0.25) is 0 Å². The van der Waals surface area contributed by atoms with Crippen LogP contribution in [0.25, 0.3) is 0 Å². The summed E-state index contributed by atoms with van der Waals surface area (Å²) in [6, 6.07) is 10.3. The highest BCUT2D eigenvalue weighted by Gasteiger charge is 2.16. The van der Waals surface area contributed by atoms with Gasteiger partial charge in [0, 0.05) is 12.1 Å². The second-order valence-corrected chi connectivity index (χ2v) is 6.09. The fourth-order valence-electron chi connectivity index (χ4n) is 2.36. The first kappa shape index (κ1) is 13.0. The highest BCUT2D eigenvalue weighted by atomic mass is 32.2. The van der Waals surface area contributed by atoms with Gasteiger partial charge in [0.1, 0.15) is 0 Å². The summed E-state index contributed by atoms with van der Waals surface area (Å²) >= 11 is 2.09. The van der Waals surface area contributed by atoms with E-state index >= 15 is 0 Å². The van der Waals surface area contributed by atoms with Gasteiger partial charge in [0.15, 0.2) is 0 Å². The summed E-state index contributed by atoms with van der Waals surface area (Å²) in [5.41, 5.74) is 2.84. The van der Waals surface area contributed by atoms with Crippen LogP contribution < -0.4 is 5.32 Å². The van der Waals surface area contributed by atoms with Gasteiger partial charge in [-0.2, -0.15) is 11.8 Å². The van der Waals surface area contributed by atoms with E-state index in [1.54, 1.807) is 0 Å². The van der Waals surface area contributed by atoms with Crippen molar-refractivity contribution >= 4 is 11.8 Å². The molecule has 1 unspecified atom stereocenters. The maximum Gasteiger partial charge on any atom is 0.0294 e. The van der Waals surface area contributed by atoms with Crippen LogP contribution in [0, 0.1) is 0 Å². The molecule has 0 bridgehead atoms. The van der Waals surface area contributed by atoms with Crippen LogP contribution in [-0.2, 0) is 6.42 Å². The summed E-state index contributed by atoms with van der Waals surface area (Å²) in [7, 11) is 0. The summed E-state index contributed by atoms with van der Waals surface area (Å²) < 4.78 is 0. The molecule has 1 fully saturated rings. The zero-order valence-electron chi connectivity index (χ0n) is 10.9. The van der Waals surface area contributed by atoms with Crippen LogP contribution in [0.1, 0.15) is 43.9 Å². The molecule has 1 aromatic rings. The van der Waals surface area contributed by atoms with Crippen molar-refractivity contribution in [1.29, 1.82) is 0 Å². The van der Waals surface area contributed by atoms with Gasteiger partial charge in [-0.1, -0.05) is 31.2 Å². The van der Waals surface area contributed by atoms with E-state index in [4.69, 9.17) is 0 Å². The van der Waals surface area contributed by atoms with Gasteiger partial charge in [-0.25, -0.2) is 0 Å². The zero-order chi connectivity index (χ0) is 12.1. The molecule has 0 aromatic heterocycles. The van der Waals surface area contributed by atoms with E-state index in [0.717, 1.165) is 12.5 Å². The first-order chi connectivity index (χ1) is 8.29. The fraction of sp³-hybridized carbons (Fsp3) is 0.600. The van der Waals surface area contributed by atoms with Crippen LogP contribution in [0.5, 0.6) is 0 Å². The Kier molecular flexibility index (Phi) is 4.93. The standard InChI is InChI=1S/C15H23NS/c1-3-13-4-6-14(7-5-13)12(2)16-15-8-10-17-11-9-15/h4-7,12,15-16H,3,8-11H2,1-2H3. The molecular weight excluding hydrogens is 226 g/mol. The Morgan fingerprint density at radius 2 is 1.88 bits per heavy atom. The molecule has 0 amide bonds. The van der Waals surface area contributed by atoms with E-state index in [0.29, 0.717) is 6.04 Å². The summed E-state index contributed by atoms with van der Waals surface area (Å²) in [6.07, 6.45) is 3.77. The second kappa shape index (κ2) is 6.46. The lowest BCUT2D eigenvalue weighted by atomic mass is 10.0. The molecule has 2 heteroatoms. The third-order valence-corrected chi connectivity index (χ3v) is 4.64. The molecule has 1 nitrogen and oxygen atoms in total. The Morgan fingerprint density at radius 1 is 1.24 bits per heavy atom. The number of benzene rings is 1. The van der Waals surface area contributed by atoms with Crippen LogP contribution in [0.4, 0.5) is 0 Å². The van der Waals surface area contributed by atoms with Crippen molar-refractivity contribution in [2.24, 2.45) is 0 Å². The smallest absolute Gasteiger partial charge is 0.0294 e. The van der Waals surface area contributed by atoms with Gasteiger partial charge >= 0.3 is 0 Å². The SMILES string of the molecule is CCc1ccc(C(C)NC2CCSCC2)cc1. The molecule has 1 heterocycles. The van der Waals surface area contributed by atoms with E-state index in [2.05, 4.69) is 55.2 Å². The van der Waals surface area contributed by atoms with Gasteiger partial charge in [0.05, 0.1) is 0 Å². The molecule has 0 aliphatic carbocycles. The Labute approximate surface area is 109 Å². The first-order valence-electron chi connectivity index (χ1n) is 6.72. The molecule has 1 saturated heterocycles. The predicted molar refractivity (Wildman–Crippen MR) is 77.7 cm³/mol. The minimum atomic E-state index is 0.481. The molecule has 0 saturated carbocycles. The average Bonchev–Trinajstić information content (AvgIpc) is 2.40. The van der Waals surface area contributed by atoms with E-state index in [9.17, 15) is 0 Å². The minimum absolute atomic E-state index is 0.481. The second-order valence-electron chi connectivity index (χ2n) is 4.87. The molecule has 1 aliphatic rings. The number of thioether (sulfide) groups is 1. The summed E-state index contributed by atoms with van der Waals surface area (Å²) in [6.45, 7) is 4.49. The molecule has 1 aromatic carbocycles. The van der Waals surface area contributed by atoms with Crippen LogP contribution >= 0.6 is 11.8 Å². The third kappa shape index (κ3) is 3.75. The van der Waals surface area contributed by atoms with Gasteiger partial charge in [0.25, 0.3) is 0 Å². The Bertz CT molecular complexity index is 327. The highest BCUT2D eigenvalue weighted by Crippen LogP contribution is 2.21. The number of rotatable bonds is 4. The predicted octanol–water partition coefficient (Wildman–Crippen LogP) is 3.80. The lowest BCUT2D eigenvalue weighted by molar-refractivity contribution is 0.431. The van der Waals surface area contributed by atoms with Gasteiger partial charge in [0.2, 0.25) is 0 Å². The summed E-state index contributed by atoms with van der Waals surface area (Å²) in [5.74, 6) is 2.64. The number of hydrogen-bond acceptors (Lipinski definition) is 2. The van der Waals surface area contributed by atoms with Crippen LogP contribution in [0.15, 0.2) is 24.3 Å². The fourth-order valence-corrected chi connectivity index (χ4v) is 3.46. The number of hydrogen-bond donors (Lipinski definition) is 1. The van der Waals surface area contributed by atoms with Crippen molar-refractivity contribution in [2.75, 3.05) is 11.5 Å². The van der Waals surface area contributed by atoms with Gasteiger partial charge in [-0.15, -0.1) is 0 Å². The Balaban J connectivity index is 1.91. The van der Waals surface area contributed by atoms with E-state index in [-0.39, 0.29) is 0 Å². The monoisotopic (exact) mass is 249 g/mol. The lowest BCUT2D eigenvalue weighted by Crippen LogP contribution is -2.34. The Hall–Kier alpha value is -0.470. The normalized spacial score (nSPS) is 19.2. The molecule has 1 atom stereocenters. The van der Waals surface area contributed by atoms with Gasteiger partial charge in [-0.05, 0) is 48.8 Å². The molecule has 2 rings (SSSR count). The lowest BCUT2D eigenvalue weighted by Gasteiger charge is -2.26. The highest BCUT2D eigenvalue weighted by molar-refractivity contribution is 7.99. The zero-order valence-corrected chi connectivity index (χ0v) is 11.7. The van der Waals surface area contributed by atoms with Crippen molar-refractivity contribution in [1.82, 2.24) is 5.32 Å². The van der Waals surface area contributed by atoms with Crippen LogP contribution in [0.3, 0.4) is 0 Å². The van der Waals surface area contributed by atoms with E-state index in [1.807, 2.05) is 0 Å². The average molecular weight is 249 g/mol. The Morgan fingerprint density at radius 3 is 2.47 bits per heavy atom. The maximum atomic E-state index is 3.76. The van der Waals surface area contributed by atoms with Crippen molar-refractivity contribution in [3.63, 3.8) is 0 Å². The molecule has 17 heavy (non-hydrogen) atoms. The molecule has 0 radical (unpaired) electrons. The molecular formula is C15H23NS. The number of nitrogens with one attached hydrogen (secondary N) is 1.